The van der Waals surface area contributed by atoms with Crippen LogP contribution in [-0.2, 0) is 26.2 Å². The second-order valence-electron chi connectivity index (χ2n) is 8.37. The van der Waals surface area contributed by atoms with E-state index in [-0.39, 0.29) is 24.2 Å². The molecule has 2 aromatic rings. The van der Waals surface area contributed by atoms with Gasteiger partial charge in [0.25, 0.3) is 0 Å². The fourth-order valence-corrected chi connectivity index (χ4v) is 4.03. The number of benzene rings is 2. The third-order valence-electron chi connectivity index (χ3n) is 5.51. The molecule has 0 radical (unpaired) electrons. The Morgan fingerprint density at radius 3 is 2.18 bits per heavy atom. The molecule has 7 nitrogen and oxygen atoms in total. The Balaban J connectivity index is 2.39. The summed E-state index contributed by atoms with van der Waals surface area (Å²) in [4.78, 5) is 27.5. The predicted octanol–water partition coefficient (Wildman–Crippen LogP) is 3.37. The van der Waals surface area contributed by atoms with E-state index in [0.29, 0.717) is 16.8 Å². The molecule has 186 valence electrons. The number of nitrogens with zero attached hydrogens (tertiary/aromatic N) is 2. The third-order valence-corrected chi connectivity index (χ3v) is 6.65. The number of nitrogens with one attached hydrogen (secondary N) is 1. The van der Waals surface area contributed by atoms with Crippen molar-refractivity contribution in [3.8, 4) is 0 Å². The van der Waals surface area contributed by atoms with Gasteiger partial charge in [-0.05, 0) is 44.9 Å². The highest BCUT2D eigenvalue weighted by atomic mass is 32.2. The molecular weight excluding hydrogens is 464 g/mol. The average Bonchev–Trinajstić information content (AvgIpc) is 2.77. The van der Waals surface area contributed by atoms with Crippen LogP contribution in [0.4, 0.5) is 14.5 Å². The Morgan fingerprint density at radius 2 is 1.65 bits per heavy atom. The summed E-state index contributed by atoms with van der Waals surface area (Å²) >= 11 is 0. The second kappa shape index (κ2) is 11.4. The number of hydrogen-bond donors (Lipinski definition) is 1. The summed E-state index contributed by atoms with van der Waals surface area (Å²) in [5.74, 6) is -3.42. The quantitative estimate of drug-likeness (QED) is 0.548. The van der Waals surface area contributed by atoms with Crippen molar-refractivity contribution in [2.45, 2.75) is 52.7 Å². The van der Waals surface area contributed by atoms with Gasteiger partial charge in [0.05, 0.1) is 11.9 Å². The number of halogens is 2. The molecule has 2 atom stereocenters. The lowest BCUT2D eigenvalue weighted by atomic mass is 10.1. The summed E-state index contributed by atoms with van der Waals surface area (Å²) in [6, 6.07) is 8.94. The molecule has 0 heterocycles. The van der Waals surface area contributed by atoms with Crippen molar-refractivity contribution in [3.63, 3.8) is 0 Å². The minimum absolute atomic E-state index is 0.0591. The zero-order valence-electron chi connectivity index (χ0n) is 20.0. The predicted molar refractivity (Wildman–Crippen MR) is 128 cm³/mol. The minimum atomic E-state index is -4.03. The molecule has 0 aliphatic heterocycles. The molecule has 0 spiro atoms. The molecule has 0 saturated heterocycles. The summed E-state index contributed by atoms with van der Waals surface area (Å²) in [6.07, 6.45) is 1.56. The molecule has 2 rings (SSSR count). The molecule has 2 amide bonds. The molecule has 34 heavy (non-hydrogen) atoms. The Labute approximate surface area is 199 Å². The summed E-state index contributed by atoms with van der Waals surface area (Å²) in [5.41, 5.74) is 1.58. The average molecular weight is 496 g/mol. The third kappa shape index (κ3) is 7.24. The molecule has 0 fully saturated rings. The lowest BCUT2D eigenvalue weighted by molar-refractivity contribution is -0.139. The van der Waals surface area contributed by atoms with Crippen LogP contribution in [0.15, 0.2) is 42.5 Å². The molecular formula is C24H31F2N3O4S. The summed E-state index contributed by atoms with van der Waals surface area (Å²) in [7, 11) is -4.03. The van der Waals surface area contributed by atoms with Crippen molar-refractivity contribution in [2.75, 3.05) is 17.1 Å². The Morgan fingerprint density at radius 1 is 1.03 bits per heavy atom. The monoisotopic (exact) mass is 495 g/mol. The minimum Gasteiger partial charge on any atom is -0.352 e. The fourth-order valence-electron chi connectivity index (χ4n) is 3.19. The first-order valence-electron chi connectivity index (χ1n) is 10.9. The standard InChI is InChI=1S/C24H31F2N3O4S/c1-6-17(3)27-24(31)18(4)28(14-19-9-7-16(2)8-10-19)23(30)15-29(34(5,32)33)20-11-12-21(25)22(26)13-20/h7-13,17-18H,6,14-15H2,1-5H3,(H,27,31)/t17-,18-/m1/s1. The van der Waals surface area contributed by atoms with Crippen LogP contribution < -0.4 is 9.62 Å². The van der Waals surface area contributed by atoms with Gasteiger partial charge in [-0.2, -0.15) is 0 Å². The molecule has 0 saturated carbocycles. The second-order valence-corrected chi connectivity index (χ2v) is 10.3. The first kappa shape index (κ1) is 27.2. The number of rotatable bonds is 10. The van der Waals surface area contributed by atoms with E-state index >= 15 is 0 Å². The maximum absolute atomic E-state index is 13.8. The maximum Gasteiger partial charge on any atom is 0.244 e. The van der Waals surface area contributed by atoms with Gasteiger partial charge in [-0.3, -0.25) is 13.9 Å². The van der Waals surface area contributed by atoms with Gasteiger partial charge in [0.1, 0.15) is 12.6 Å². The van der Waals surface area contributed by atoms with E-state index in [9.17, 15) is 26.8 Å². The van der Waals surface area contributed by atoms with Gasteiger partial charge in [0, 0.05) is 18.7 Å². The number of amides is 2. The highest BCUT2D eigenvalue weighted by Gasteiger charge is 2.30. The van der Waals surface area contributed by atoms with Gasteiger partial charge >= 0.3 is 0 Å². The molecule has 0 bridgehead atoms. The van der Waals surface area contributed by atoms with E-state index in [4.69, 9.17) is 0 Å². The van der Waals surface area contributed by atoms with Crippen LogP contribution in [0.1, 0.15) is 38.3 Å². The zero-order valence-corrected chi connectivity index (χ0v) is 20.8. The summed E-state index contributed by atoms with van der Waals surface area (Å²) < 4.78 is 52.7. The van der Waals surface area contributed by atoms with E-state index in [0.717, 1.165) is 29.5 Å². The van der Waals surface area contributed by atoms with E-state index < -0.39 is 40.2 Å². The first-order chi connectivity index (χ1) is 15.8. The molecule has 1 N–H and O–H groups in total. The largest absolute Gasteiger partial charge is 0.352 e. The molecule has 0 unspecified atom stereocenters. The van der Waals surface area contributed by atoms with Gasteiger partial charge in [-0.1, -0.05) is 36.8 Å². The molecule has 2 aromatic carbocycles. The number of aryl methyl sites for hydroxylation is 1. The topological polar surface area (TPSA) is 86.8 Å². The Kier molecular flexibility index (Phi) is 9.14. The molecule has 0 aliphatic rings. The maximum atomic E-state index is 13.8. The van der Waals surface area contributed by atoms with Crippen molar-refractivity contribution < 1.29 is 26.8 Å². The van der Waals surface area contributed by atoms with Gasteiger partial charge in [0.15, 0.2) is 11.6 Å². The van der Waals surface area contributed by atoms with Crippen LogP contribution >= 0.6 is 0 Å². The van der Waals surface area contributed by atoms with Crippen molar-refractivity contribution in [3.05, 3.63) is 65.2 Å². The zero-order chi connectivity index (χ0) is 25.6. The van der Waals surface area contributed by atoms with Crippen molar-refractivity contribution in [2.24, 2.45) is 0 Å². The number of carbonyl (C=O) groups is 2. The normalized spacial score (nSPS) is 13.1. The van der Waals surface area contributed by atoms with Crippen LogP contribution in [0, 0.1) is 18.6 Å². The van der Waals surface area contributed by atoms with Gasteiger partial charge in [-0.25, -0.2) is 17.2 Å². The summed E-state index contributed by atoms with van der Waals surface area (Å²) in [6.45, 7) is 6.61. The van der Waals surface area contributed by atoms with E-state index in [1.807, 2.05) is 45.0 Å². The first-order valence-corrected chi connectivity index (χ1v) is 12.8. The highest BCUT2D eigenvalue weighted by molar-refractivity contribution is 7.92. The lowest BCUT2D eigenvalue weighted by Gasteiger charge is -2.32. The SMILES string of the molecule is CC[C@@H](C)NC(=O)[C@@H](C)N(Cc1ccc(C)cc1)C(=O)CN(c1ccc(F)c(F)c1)S(C)(=O)=O. The van der Waals surface area contributed by atoms with Crippen molar-refractivity contribution in [1.82, 2.24) is 10.2 Å². The van der Waals surface area contributed by atoms with E-state index in [1.54, 1.807) is 6.92 Å². The van der Waals surface area contributed by atoms with Crippen LogP contribution in [0.25, 0.3) is 0 Å². The van der Waals surface area contributed by atoms with Crippen molar-refractivity contribution in [1.29, 1.82) is 0 Å². The van der Waals surface area contributed by atoms with Crippen molar-refractivity contribution >= 4 is 27.5 Å². The number of anilines is 1. The van der Waals surface area contributed by atoms with Gasteiger partial charge in [-0.15, -0.1) is 0 Å². The smallest absolute Gasteiger partial charge is 0.244 e. The lowest BCUT2D eigenvalue weighted by Crippen LogP contribution is -2.52. The molecule has 0 aliphatic carbocycles. The number of sulfonamides is 1. The van der Waals surface area contributed by atoms with Crippen LogP contribution in [0.2, 0.25) is 0 Å². The van der Waals surface area contributed by atoms with Gasteiger partial charge < -0.3 is 10.2 Å². The van der Waals surface area contributed by atoms with Crippen LogP contribution in [-0.4, -0.2) is 50.0 Å². The highest BCUT2D eigenvalue weighted by Crippen LogP contribution is 2.21. The van der Waals surface area contributed by atoms with E-state index in [2.05, 4.69) is 5.32 Å². The van der Waals surface area contributed by atoms with Gasteiger partial charge in [0.2, 0.25) is 21.8 Å². The Hall–Kier alpha value is -3.01. The summed E-state index contributed by atoms with van der Waals surface area (Å²) in [5, 5.41) is 2.83. The number of hydrogen-bond acceptors (Lipinski definition) is 4. The fraction of sp³-hybridized carbons (Fsp3) is 0.417. The Bertz CT molecular complexity index is 1120. The molecule has 0 aromatic heterocycles. The van der Waals surface area contributed by atoms with Crippen LogP contribution in [0.5, 0.6) is 0 Å². The van der Waals surface area contributed by atoms with Crippen LogP contribution in [0.3, 0.4) is 0 Å². The molecule has 10 heteroatoms. The number of carbonyl (C=O) groups excluding carboxylic acids is 2. The van der Waals surface area contributed by atoms with E-state index in [1.165, 1.54) is 4.90 Å².